The quantitative estimate of drug-likeness (QED) is 0.531. The van der Waals surface area contributed by atoms with Crippen LogP contribution in [0.4, 0.5) is 11.6 Å². The van der Waals surface area contributed by atoms with Crippen LogP contribution in [0.3, 0.4) is 0 Å². The molecule has 25 heavy (non-hydrogen) atoms. The molecule has 0 spiro atoms. The Morgan fingerprint density at radius 3 is 2.40 bits per heavy atom. The number of nitrogens with zero attached hydrogens (tertiary/aromatic N) is 3. The van der Waals surface area contributed by atoms with Crippen molar-refractivity contribution in [2.24, 2.45) is 0 Å². The lowest BCUT2D eigenvalue weighted by molar-refractivity contribution is 1.21. The third kappa shape index (κ3) is 2.86. The van der Waals surface area contributed by atoms with Crippen LogP contribution in [0.1, 0.15) is 0 Å². The van der Waals surface area contributed by atoms with Gasteiger partial charge >= 0.3 is 0 Å². The van der Waals surface area contributed by atoms with E-state index in [4.69, 9.17) is 28.1 Å². The summed E-state index contributed by atoms with van der Waals surface area (Å²) in [6, 6.07) is 18.8. The van der Waals surface area contributed by atoms with Crippen LogP contribution >= 0.6 is 11.6 Å². The van der Waals surface area contributed by atoms with Crippen molar-refractivity contribution in [2.45, 2.75) is 0 Å². The number of hydrogen-bond donors (Lipinski definition) is 2. The van der Waals surface area contributed by atoms with E-state index in [9.17, 15) is 0 Å². The van der Waals surface area contributed by atoms with E-state index in [1.807, 2.05) is 42.5 Å². The van der Waals surface area contributed by atoms with Gasteiger partial charge in [0.1, 0.15) is 11.2 Å². The molecule has 4 aromatic rings. The standard InChI is InChI=1S/C19H14ClN5/c20-12-6-7-14(21)13(10-12)15-8-9-16-18(23-15)17(25-19(22)24-16)11-4-2-1-3-5-11/h1-10H,21H2,(H2,22,24,25). The fourth-order valence-electron chi connectivity index (χ4n) is 2.73. The molecule has 0 unspecified atom stereocenters. The number of halogens is 1. The average Bonchev–Trinajstić information content (AvgIpc) is 2.63. The maximum absolute atomic E-state index is 6.11. The van der Waals surface area contributed by atoms with Gasteiger partial charge in [0, 0.05) is 21.8 Å². The Labute approximate surface area is 149 Å². The van der Waals surface area contributed by atoms with Crippen LogP contribution in [0, 0.1) is 0 Å². The minimum absolute atomic E-state index is 0.211. The summed E-state index contributed by atoms with van der Waals surface area (Å²) in [5.74, 6) is 0.211. The number of fused-ring (bicyclic) bond motifs is 1. The highest BCUT2D eigenvalue weighted by atomic mass is 35.5. The van der Waals surface area contributed by atoms with Crippen molar-refractivity contribution < 1.29 is 0 Å². The first-order valence-electron chi connectivity index (χ1n) is 7.67. The Bertz CT molecular complexity index is 1080. The monoisotopic (exact) mass is 347 g/mol. The number of pyridine rings is 1. The molecule has 4 N–H and O–H groups in total. The SMILES string of the molecule is Nc1nc(-c2ccccc2)c2nc(-c3cc(Cl)ccc3N)ccc2n1. The van der Waals surface area contributed by atoms with Crippen molar-refractivity contribution in [3.05, 3.63) is 65.7 Å². The Morgan fingerprint density at radius 1 is 0.800 bits per heavy atom. The van der Waals surface area contributed by atoms with E-state index in [0.717, 1.165) is 11.1 Å². The fraction of sp³-hybridized carbons (Fsp3) is 0. The lowest BCUT2D eigenvalue weighted by Crippen LogP contribution is -2.00. The second kappa shape index (κ2) is 6.03. The van der Waals surface area contributed by atoms with E-state index in [0.29, 0.717) is 33.1 Å². The second-order valence-electron chi connectivity index (χ2n) is 5.59. The summed E-state index contributed by atoms with van der Waals surface area (Å²) in [6.07, 6.45) is 0. The van der Waals surface area contributed by atoms with Crippen LogP contribution in [0.15, 0.2) is 60.7 Å². The van der Waals surface area contributed by atoms with Gasteiger partial charge < -0.3 is 11.5 Å². The molecule has 0 bridgehead atoms. The Kier molecular flexibility index (Phi) is 3.71. The van der Waals surface area contributed by atoms with Crippen LogP contribution < -0.4 is 11.5 Å². The van der Waals surface area contributed by atoms with Crippen molar-refractivity contribution in [3.63, 3.8) is 0 Å². The lowest BCUT2D eigenvalue weighted by atomic mass is 10.1. The first kappa shape index (κ1) is 15.4. The van der Waals surface area contributed by atoms with E-state index >= 15 is 0 Å². The summed E-state index contributed by atoms with van der Waals surface area (Å²) < 4.78 is 0. The molecular weight excluding hydrogens is 334 g/mol. The third-order valence-electron chi connectivity index (χ3n) is 3.90. The largest absolute Gasteiger partial charge is 0.398 e. The normalized spacial score (nSPS) is 10.9. The number of rotatable bonds is 2. The predicted octanol–water partition coefficient (Wildman–Crippen LogP) is 4.18. The Morgan fingerprint density at radius 2 is 1.60 bits per heavy atom. The van der Waals surface area contributed by atoms with Gasteiger partial charge in [-0.1, -0.05) is 41.9 Å². The number of benzene rings is 2. The van der Waals surface area contributed by atoms with Crippen molar-refractivity contribution in [2.75, 3.05) is 11.5 Å². The molecule has 4 rings (SSSR count). The molecule has 0 radical (unpaired) electrons. The minimum atomic E-state index is 0.211. The summed E-state index contributed by atoms with van der Waals surface area (Å²) in [6.45, 7) is 0. The summed E-state index contributed by atoms with van der Waals surface area (Å²) in [4.78, 5) is 13.4. The van der Waals surface area contributed by atoms with E-state index < -0.39 is 0 Å². The molecule has 0 aliphatic heterocycles. The zero-order chi connectivity index (χ0) is 17.4. The van der Waals surface area contributed by atoms with Crippen molar-refractivity contribution in [3.8, 4) is 22.5 Å². The molecule has 0 amide bonds. The zero-order valence-corrected chi connectivity index (χ0v) is 13.9. The van der Waals surface area contributed by atoms with Gasteiger partial charge in [-0.15, -0.1) is 0 Å². The zero-order valence-electron chi connectivity index (χ0n) is 13.1. The van der Waals surface area contributed by atoms with Gasteiger partial charge in [0.15, 0.2) is 0 Å². The minimum Gasteiger partial charge on any atom is -0.398 e. The Balaban J connectivity index is 1.99. The molecule has 6 heteroatoms. The maximum atomic E-state index is 6.11. The number of aromatic nitrogens is 3. The smallest absolute Gasteiger partial charge is 0.221 e. The summed E-state index contributed by atoms with van der Waals surface area (Å²) in [5.41, 5.74) is 17.0. The van der Waals surface area contributed by atoms with Crippen LogP contribution in [0.5, 0.6) is 0 Å². The molecule has 122 valence electrons. The molecule has 0 saturated carbocycles. The lowest BCUT2D eigenvalue weighted by Gasteiger charge is -2.10. The molecular formula is C19H14ClN5. The van der Waals surface area contributed by atoms with Crippen LogP contribution in [-0.4, -0.2) is 15.0 Å². The highest BCUT2D eigenvalue weighted by Crippen LogP contribution is 2.31. The Hall–Kier alpha value is -3.18. The van der Waals surface area contributed by atoms with Gasteiger partial charge in [-0.05, 0) is 30.3 Å². The highest BCUT2D eigenvalue weighted by molar-refractivity contribution is 6.31. The first-order chi connectivity index (χ1) is 12.1. The van der Waals surface area contributed by atoms with Gasteiger partial charge in [-0.25, -0.2) is 15.0 Å². The van der Waals surface area contributed by atoms with Gasteiger partial charge in [-0.3, -0.25) is 0 Å². The molecule has 2 aromatic heterocycles. The molecule has 5 nitrogen and oxygen atoms in total. The van der Waals surface area contributed by atoms with Gasteiger partial charge in [0.05, 0.1) is 11.2 Å². The predicted molar refractivity (Wildman–Crippen MR) is 102 cm³/mol. The molecule has 0 aliphatic carbocycles. The van der Waals surface area contributed by atoms with E-state index in [-0.39, 0.29) is 5.95 Å². The van der Waals surface area contributed by atoms with E-state index in [2.05, 4.69) is 9.97 Å². The van der Waals surface area contributed by atoms with Crippen LogP contribution in [0.25, 0.3) is 33.5 Å². The third-order valence-corrected chi connectivity index (χ3v) is 4.13. The highest BCUT2D eigenvalue weighted by Gasteiger charge is 2.13. The van der Waals surface area contributed by atoms with Crippen molar-refractivity contribution in [1.29, 1.82) is 0 Å². The molecule has 0 aliphatic rings. The molecule has 0 fully saturated rings. The van der Waals surface area contributed by atoms with Crippen LogP contribution in [0.2, 0.25) is 5.02 Å². The average molecular weight is 348 g/mol. The molecule has 0 saturated heterocycles. The van der Waals surface area contributed by atoms with Gasteiger partial charge in [0.25, 0.3) is 0 Å². The number of nitrogens with two attached hydrogens (primary N) is 2. The topological polar surface area (TPSA) is 90.7 Å². The molecule has 2 aromatic carbocycles. The maximum Gasteiger partial charge on any atom is 0.221 e. The molecule has 0 atom stereocenters. The molecule has 2 heterocycles. The van der Waals surface area contributed by atoms with Gasteiger partial charge in [0.2, 0.25) is 5.95 Å². The van der Waals surface area contributed by atoms with Crippen LogP contribution in [-0.2, 0) is 0 Å². The van der Waals surface area contributed by atoms with Gasteiger partial charge in [-0.2, -0.15) is 0 Å². The van der Waals surface area contributed by atoms with E-state index in [1.165, 1.54) is 0 Å². The number of nitrogen functional groups attached to an aromatic ring is 2. The summed E-state index contributed by atoms with van der Waals surface area (Å²) >= 11 is 6.11. The summed E-state index contributed by atoms with van der Waals surface area (Å²) in [7, 11) is 0. The van der Waals surface area contributed by atoms with Crippen molar-refractivity contribution in [1.82, 2.24) is 15.0 Å². The fourth-order valence-corrected chi connectivity index (χ4v) is 2.90. The van der Waals surface area contributed by atoms with E-state index in [1.54, 1.807) is 18.2 Å². The number of anilines is 2. The first-order valence-corrected chi connectivity index (χ1v) is 8.05. The van der Waals surface area contributed by atoms with Crippen molar-refractivity contribution >= 4 is 34.3 Å². The number of hydrogen-bond acceptors (Lipinski definition) is 5. The summed E-state index contributed by atoms with van der Waals surface area (Å²) in [5, 5.41) is 0.600. The second-order valence-corrected chi connectivity index (χ2v) is 6.03.